The first-order chi connectivity index (χ1) is 6.06. The Morgan fingerprint density at radius 2 is 2.46 bits per heavy atom. The Kier molecular flexibility index (Phi) is 2.72. The molecule has 1 fully saturated rings. The number of nitrogens with zero attached hydrogens (tertiary/aromatic N) is 1. The van der Waals surface area contributed by atoms with Gasteiger partial charge in [0, 0.05) is 0 Å². The van der Waals surface area contributed by atoms with Crippen LogP contribution in [0.3, 0.4) is 0 Å². The molecule has 0 bridgehead atoms. The average molecular weight is 189 g/mol. The van der Waals surface area contributed by atoms with E-state index in [1.54, 1.807) is 6.92 Å². The molecule has 1 aliphatic heterocycles. The molecule has 0 aromatic heterocycles. The highest BCUT2D eigenvalue weighted by molar-refractivity contribution is 5.88. The van der Waals surface area contributed by atoms with Crippen LogP contribution in [0.4, 0.5) is 9.59 Å². The second-order valence-electron chi connectivity index (χ2n) is 2.79. The zero-order chi connectivity index (χ0) is 10.0. The Hall–Kier alpha value is -1.30. The molecule has 0 aliphatic carbocycles. The third-order valence-corrected chi connectivity index (χ3v) is 1.91. The molecule has 1 heterocycles. The first-order valence-corrected chi connectivity index (χ1v) is 3.95. The van der Waals surface area contributed by atoms with E-state index in [-0.39, 0.29) is 6.54 Å². The van der Waals surface area contributed by atoms with Crippen molar-refractivity contribution in [1.29, 1.82) is 0 Å². The number of imide groups is 1. The number of aliphatic hydroxyl groups is 1. The molecule has 0 aromatic carbocycles. The fourth-order valence-electron chi connectivity index (χ4n) is 1.10. The number of aliphatic hydroxyl groups excluding tert-OH is 1. The molecule has 1 saturated heterocycles. The summed E-state index contributed by atoms with van der Waals surface area (Å²) in [5.41, 5.74) is 0. The second kappa shape index (κ2) is 3.61. The molecule has 6 heteroatoms. The highest BCUT2D eigenvalue weighted by Gasteiger charge is 2.38. The van der Waals surface area contributed by atoms with Crippen molar-refractivity contribution in [3.63, 3.8) is 0 Å². The van der Waals surface area contributed by atoms with Gasteiger partial charge in [0.15, 0.2) is 0 Å². The van der Waals surface area contributed by atoms with Gasteiger partial charge in [-0.25, -0.2) is 14.5 Å². The summed E-state index contributed by atoms with van der Waals surface area (Å²) in [6.45, 7) is 1.63. The lowest BCUT2D eigenvalue weighted by atomic mass is 10.1. The Morgan fingerprint density at radius 3 is 2.85 bits per heavy atom. The zero-order valence-corrected chi connectivity index (χ0v) is 7.14. The van der Waals surface area contributed by atoms with E-state index in [1.165, 1.54) is 0 Å². The van der Waals surface area contributed by atoms with Crippen LogP contribution in [0.2, 0.25) is 0 Å². The minimum absolute atomic E-state index is 0.0941. The molecule has 1 aliphatic rings. The lowest BCUT2D eigenvalue weighted by Gasteiger charge is -2.12. The number of ether oxygens (including phenoxy) is 1. The topological polar surface area (TPSA) is 87.1 Å². The Labute approximate surface area is 74.7 Å². The molecule has 0 unspecified atom stereocenters. The van der Waals surface area contributed by atoms with Crippen LogP contribution in [-0.2, 0) is 4.74 Å². The first kappa shape index (κ1) is 9.79. The summed E-state index contributed by atoms with van der Waals surface area (Å²) < 4.78 is 4.64. The van der Waals surface area contributed by atoms with Crippen molar-refractivity contribution in [2.45, 2.75) is 25.6 Å². The average Bonchev–Trinajstić information content (AvgIpc) is 2.46. The standard InChI is InChI=1S/C7H11NO5/c1-2-4(9)5-3-8(6(10)11)7(12)13-5/h4-5,9H,2-3H2,1H3,(H,10,11)/t4-,5-/m1/s1. The molecular formula is C7H11NO5. The van der Waals surface area contributed by atoms with Gasteiger partial charge in [-0.2, -0.15) is 0 Å². The third-order valence-electron chi connectivity index (χ3n) is 1.91. The monoisotopic (exact) mass is 189 g/mol. The molecule has 1 rings (SSSR count). The van der Waals surface area contributed by atoms with Crippen molar-refractivity contribution in [2.24, 2.45) is 0 Å². The van der Waals surface area contributed by atoms with Gasteiger partial charge in [0.25, 0.3) is 0 Å². The number of carbonyl (C=O) groups excluding carboxylic acids is 1. The van der Waals surface area contributed by atoms with Crippen molar-refractivity contribution in [3.8, 4) is 0 Å². The molecule has 13 heavy (non-hydrogen) atoms. The first-order valence-electron chi connectivity index (χ1n) is 3.95. The largest absolute Gasteiger partial charge is 0.465 e. The summed E-state index contributed by atoms with van der Waals surface area (Å²) in [7, 11) is 0. The van der Waals surface area contributed by atoms with Crippen LogP contribution in [0.1, 0.15) is 13.3 Å². The minimum atomic E-state index is -1.35. The van der Waals surface area contributed by atoms with Crippen LogP contribution in [0.25, 0.3) is 0 Å². The Morgan fingerprint density at radius 1 is 1.85 bits per heavy atom. The summed E-state index contributed by atoms with van der Waals surface area (Å²) >= 11 is 0. The Bertz CT molecular complexity index is 229. The summed E-state index contributed by atoms with van der Waals surface area (Å²) in [5.74, 6) is 0. The number of rotatable bonds is 2. The fourth-order valence-corrected chi connectivity index (χ4v) is 1.10. The molecule has 0 spiro atoms. The van der Waals surface area contributed by atoms with Gasteiger partial charge in [-0.1, -0.05) is 6.92 Å². The normalized spacial score (nSPS) is 24.3. The van der Waals surface area contributed by atoms with Crippen molar-refractivity contribution in [3.05, 3.63) is 0 Å². The maximum absolute atomic E-state index is 10.9. The van der Waals surface area contributed by atoms with Crippen molar-refractivity contribution >= 4 is 12.2 Å². The molecule has 2 amide bonds. The lowest BCUT2D eigenvalue weighted by Crippen LogP contribution is -2.33. The third kappa shape index (κ3) is 1.89. The van der Waals surface area contributed by atoms with Gasteiger partial charge in [-0.15, -0.1) is 0 Å². The molecular weight excluding hydrogens is 178 g/mol. The smallest absolute Gasteiger partial charge is 0.419 e. The highest BCUT2D eigenvalue weighted by Crippen LogP contribution is 2.15. The van der Waals surface area contributed by atoms with E-state index in [0.29, 0.717) is 11.3 Å². The zero-order valence-electron chi connectivity index (χ0n) is 7.14. The van der Waals surface area contributed by atoms with Crippen LogP contribution in [0, 0.1) is 0 Å². The van der Waals surface area contributed by atoms with E-state index in [9.17, 15) is 14.7 Å². The molecule has 0 aromatic rings. The molecule has 74 valence electrons. The summed E-state index contributed by atoms with van der Waals surface area (Å²) in [4.78, 5) is 21.8. The van der Waals surface area contributed by atoms with Gasteiger partial charge in [0.05, 0.1) is 12.6 Å². The number of carboxylic acid groups (broad SMARTS) is 1. The quantitative estimate of drug-likeness (QED) is 0.650. The summed E-state index contributed by atoms with van der Waals surface area (Å²) in [6, 6.07) is 0. The maximum Gasteiger partial charge on any atom is 0.419 e. The van der Waals surface area contributed by atoms with E-state index in [2.05, 4.69) is 4.74 Å². The van der Waals surface area contributed by atoms with Crippen LogP contribution in [-0.4, -0.2) is 46.1 Å². The second-order valence-corrected chi connectivity index (χ2v) is 2.79. The van der Waals surface area contributed by atoms with E-state index in [1.807, 2.05) is 0 Å². The number of hydrogen-bond donors (Lipinski definition) is 2. The SMILES string of the molecule is CC[C@@H](O)[C@H]1CN(C(=O)O)C(=O)O1. The molecule has 2 N–H and O–H groups in total. The predicted octanol–water partition coefficient (Wildman–Crippen LogP) is 0.256. The maximum atomic E-state index is 10.9. The van der Waals surface area contributed by atoms with Crippen LogP contribution >= 0.6 is 0 Å². The van der Waals surface area contributed by atoms with Crippen LogP contribution in [0.15, 0.2) is 0 Å². The number of cyclic esters (lactones) is 1. The van der Waals surface area contributed by atoms with Crippen LogP contribution < -0.4 is 0 Å². The number of amides is 2. The van der Waals surface area contributed by atoms with Gasteiger partial charge in [0.2, 0.25) is 0 Å². The molecule has 0 radical (unpaired) electrons. The van der Waals surface area contributed by atoms with Gasteiger partial charge in [0.1, 0.15) is 6.10 Å². The number of carbonyl (C=O) groups is 2. The fraction of sp³-hybridized carbons (Fsp3) is 0.714. The molecule has 6 nitrogen and oxygen atoms in total. The van der Waals surface area contributed by atoms with E-state index in [4.69, 9.17) is 5.11 Å². The molecule has 0 saturated carbocycles. The van der Waals surface area contributed by atoms with Crippen molar-refractivity contribution < 1.29 is 24.5 Å². The van der Waals surface area contributed by atoms with Crippen molar-refractivity contribution in [1.82, 2.24) is 4.90 Å². The van der Waals surface area contributed by atoms with Gasteiger partial charge < -0.3 is 14.9 Å². The highest BCUT2D eigenvalue weighted by atomic mass is 16.6. The van der Waals surface area contributed by atoms with Gasteiger partial charge in [-0.3, -0.25) is 0 Å². The predicted molar refractivity (Wildman–Crippen MR) is 41.3 cm³/mol. The summed E-state index contributed by atoms with van der Waals surface area (Å²) in [6.07, 6.45) is -3.37. The van der Waals surface area contributed by atoms with E-state index >= 15 is 0 Å². The van der Waals surface area contributed by atoms with E-state index in [0.717, 1.165) is 0 Å². The Balaban J connectivity index is 2.60. The minimum Gasteiger partial charge on any atom is -0.465 e. The van der Waals surface area contributed by atoms with Gasteiger partial charge >= 0.3 is 12.2 Å². The van der Waals surface area contributed by atoms with Gasteiger partial charge in [-0.05, 0) is 6.42 Å². The van der Waals surface area contributed by atoms with E-state index < -0.39 is 24.4 Å². The number of hydrogen-bond acceptors (Lipinski definition) is 4. The molecule has 2 atom stereocenters. The summed E-state index contributed by atoms with van der Waals surface area (Å²) in [5, 5.41) is 17.8. The van der Waals surface area contributed by atoms with Crippen molar-refractivity contribution in [2.75, 3.05) is 6.54 Å². The van der Waals surface area contributed by atoms with Crippen LogP contribution in [0.5, 0.6) is 0 Å². The lowest BCUT2D eigenvalue weighted by molar-refractivity contribution is 0.0308.